The number of ether oxygens (including phenoxy) is 1. The zero-order chi connectivity index (χ0) is 20.8. The number of carbonyl (C=O) groups is 1. The summed E-state index contributed by atoms with van der Waals surface area (Å²) in [6.07, 6.45) is 0. The Bertz CT molecular complexity index is 798. The second-order valence-electron chi connectivity index (χ2n) is 7.82. The molecule has 2 aromatic carbocycles. The maximum Gasteiger partial charge on any atom is 0.253 e. The van der Waals surface area contributed by atoms with E-state index in [0.717, 1.165) is 44.1 Å². The van der Waals surface area contributed by atoms with Crippen LogP contribution in [-0.2, 0) is 11.3 Å². The number of para-hydroxylation sites is 1. The number of hydrogen-bond acceptors (Lipinski definition) is 4. The SMILES string of the molecule is CCN(c1ccc(C(=O)N(C)Cc2ccccc2N2CCOCC2)cc1)C(C)C. The maximum absolute atomic E-state index is 13.0. The van der Waals surface area contributed by atoms with Crippen molar-refractivity contribution in [3.8, 4) is 0 Å². The van der Waals surface area contributed by atoms with Gasteiger partial charge in [-0.25, -0.2) is 0 Å². The zero-order valence-corrected chi connectivity index (χ0v) is 18.1. The second kappa shape index (κ2) is 9.79. The molecule has 3 rings (SSSR count). The number of hydrogen-bond donors (Lipinski definition) is 0. The number of nitrogens with zero attached hydrogens (tertiary/aromatic N) is 3. The predicted molar refractivity (Wildman–Crippen MR) is 120 cm³/mol. The molecule has 0 aliphatic carbocycles. The average Bonchev–Trinajstić information content (AvgIpc) is 2.75. The normalized spacial score (nSPS) is 14.2. The van der Waals surface area contributed by atoms with E-state index in [2.05, 4.69) is 48.8 Å². The first-order chi connectivity index (χ1) is 14.0. The van der Waals surface area contributed by atoms with Crippen molar-refractivity contribution in [3.63, 3.8) is 0 Å². The largest absolute Gasteiger partial charge is 0.378 e. The van der Waals surface area contributed by atoms with Crippen LogP contribution in [0, 0.1) is 0 Å². The summed E-state index contributed by atoms with van der Waals surface area (Å²) < 4.78 is 5.48. The highest BCUT2D eigenvalue weighted by molar-refractivity contribution is 5.94. The van der Waals surface area contributed by atoms with Gasteiger partial charge in [0.15, 0.2) is 0 Å². The lowest BCUT2D eigenvalue weighted by atomic mass is 10.1. The number of rotatable bonds is 7. The number of amides is 1. The van der Waals surface area contributed by atoms with Crippen LogP contribution in [0.15, 0.2) is 48.5 Å². The van der Waals surface area contributed by atoms with E-state index in [1.54, 1.807) is 4.90 Å². The molecule has 5 heteroatoms. The minimum absolute atomic E-state index is 0.0425. The minimum atomic E-state index is 0.0425. The lowest BCUT2D eigenvalue weighted by molar-refractivity contribution is 0.0785. The first-order valence-corrected chi connectivity index (χ1v) is 10.5. The van der Waals surface area contributed by atoms with Gasteiger partial charge in [-0.15, -0.1) is 0 Å². The van der Waals surface area contributed by atoms with Gasteiger partial charge in [-0.3, -0.25) is 4.79 Å². The first kappa shape index (κ1) is 21.2. The lowest BCUT2D eigenvalue weighted by Crippen LogP contribution is -2.37. The Balaban J connectivity index is 1.71. The van der Waals surface area contributed by atoms with E-state index in [0.29, 0.717) is 12.6 Å². The zero-order valence-electron chi connectivity index (χ0n) is 18.1. The monoisotopic (exact) mass is 395 g/mol. The Labute approximate surface area is 174 Å². The lowest BCUT2D eigenvalue weighted by Gasteiger charge is -2.31. The molecule has 0 saturated carbocycles. The third kappa shape index (κ3) is 5.10. The summed E-state index contributed by atoms with van der Waals surface area (Å²) in [5, 5.41) is 0. The van der Waals surface area contributed by atoms with Crippen molar-refractivity contribution in [1.82, 2.24) is 4.90 Å². The number of anilines is 2. The molecular formula is C24H33N3O2. The summed E-state index contributed by atoms with van der Waals surface area (Å²) >= 11 is 0. The fourth-order valence-electron chi connectivity index (χ4n) is 3.95. The fraction of sp³-hybridized carbons (Fsp3) is 0.458. The molecule has 29 heavy (non-hydrogen) atoms. The molecule has 0 atom stereocenters. The topological polar surface area (TPSA) is 36.0 Å². The summed E-state index contributed by atoms with van der Waals surface area (Å²) in [7, 11) is 1.87. The van der Waals surface area contributed by atoms with Gasteiger partial charge < -0.3 is 19.4 Å². The molecule has 1 fully saturated rings. The van der Waals surface area contributed by atoms with Crippen LogP contribution in [0.25, 0.3) is 0 Å². The van der Waals surface area contributed by atoms with Gasteiger partial charge in [-0.1, -0.05) is 18.2 Å². The van der Waals surface area contributed by atoms with E-state index in [-0.39, 0.29) is 5.91 Å². The predicted octanol–water partition coefficient (Wildman–Crippen LogP) is 4.03. The van der Waals surface area contributed by atoms with Crippen molar-refractivity contribution < 1.29 is 9.53 Å². The van der Waals surface area contributed by atoms with Gasteiger partial charge in [0.2, 0.25) is 0 Å². The maximum atomic E-state index is 13.0. The molecule has 1 aliphatic rings. The summed E-state index contributed by atoms with van der Waals surface area (Å²) in [6, 6.07) is 16.7. The Morgan fingerprint density at radius 2 is 1.72 bits per heavy atom. The van der Waals surface area contributed by atoms with E-state index >= 15 is 0 Å². The summed E-state index contributed by atoms with van der Waals surface area (Å²) in [5.41, 5.74) is 4.24. The van der Waals surface area contributed by atoms with Crippen molar-refractivity contribution in [3.05, 3.63) is 59.7 Å². The highest BCUT2D eigenvalue weighted by atomic mass is 16.5. The molecule has 1 aliphatic heterocycles. The van der Waals surface area contributed by atoms with Crippen LogP contribution in [0.5, 0.6) is 0 Å². The number of morpholine rings is 1. The fourth-order valence-corrected chi connectivity index (χ4v) is 3.95. The van der Waals surface area contributed by atoms with E-state index < -0.39 is 0 Å². The molecule has 1 heterocycles. The highest BCUT2D eigenvalue weighted by Crippen LogP contribution is 2.24. The van der Waals surface area contributed by atoms with Crippen LogP contribution >= 0.6 is 0 Å². The van der Waals surface area contributed by atoms with Crippen molar-refractivity contribution >= 4 is 17.3 Å². The minimum Gasteiger partial charge on any atom is -0.378 e. The van der Waals surface area contributed by atoms with Gasteiger partial charge in [0.1, 0.15) is 0 Å². The van der Waals surface area contributed by atoms with E-state index in [4.69, 9.17) is 4.74 Å². The average molecular weight is 396 g/mol. The summed E-state index contributed by atoms with van der Waals surface area (Å²) in [5.74, 6) is 0.0425. The summed E-state index contributed by atoms with van der Waals surface area (Å²) in [6.45, 7) is 11.3. The third-order valence-corrected chi connectivity index (χ3v) is 5.51. The number of carbonyl (C=O) groups excluding carboxylic acids is 1. The number of benzene rings is 2. The molecular weight excluding hydrogens is 362 g/mol. The van der Waals surface area contributed by atoms with Crippen LogP contribution < -0.4 is 9.80 Å². The van der Waals surface area contributed by atoms with Gasteiger partial charge in [0, 0.05) is 56.2 Å². The summed E-state index contributed by atoms with van der Waals surface area (Å²) in [4.78, 5) is 19.5. The molecule has 2 aromatic rings. The van der Waals surface area contributed by atoms with E-state index in [9.17, 15) is 4.79 Å². The van der Waals surface area contributed by atoms with Gasteiger partial charge in [-0.2, -0.15) is 0 Å². The Kier molecular flexibility index (Phi) is 7.15. The smallest absolute Gasteiger partial charge is 0.253 e. The molecule has 0 unspecified atom stereocenters. The van der Waals surface area contributed by atoms with Gasteiger partial charge >= 0.3 is 0 Å². The second-order valence-corrected chi connectivity index (χ2v) is 7.82. The van der Waals surface area contributed by atoms with E-state index in [1.807, 2.05) is 37.4 Å². The highest BCUT2D eigenvalue weighted by Gasteiger charge is 2.18. The van der Waals surface area contributed by atoms with Crippen LogP contribution in [0.4, 0.5) is 11.4 Å². The Hall–Kier alpha value is -2.53. The quantitative estimate of drug-likeness (QED) is 0.709. The van der Waals surface area contributed by atoms with Gasteiger partial charge in [0.25, 0.3) is 5.91 Å². The molecule has 1 amide bonds. The molecule has 0 aromatic heterocycles. The van der Waals surface area contributed by atoms with Crippen LogP contribution in [0.2, 0.25) is 0 Å². The molecule has 0 spiro atoms. The van der Waals surface area contributed by atoms with Crippen LogP contribution in [0.3, 0.4) is 0 Å². The molecule has 1 saturated heterocycles. The molecule has 0 radical (unpaired) electrons. The molecule has 5 nitrogen and oxygen atoms in total. The van der Waals surface area contributed by atoms with Crippen molar-refractivity contribution in [1.29, 1.82) is 0 Å². The van der Waals surface area contributed by atoms with Crippen molar-refractivity contribution in [2.24, 2.45) is 0 Å². The van der Waals surface area contributed by atoms with Crippen molar-refractivity contribution in [2.45, 2.75) is 33.4 Å². The molecule has 156 valence electrons. The third-order valence-electron chi connectivity index (χ3n) is 5.51. The molecule has 0 bridgehead atoms. The van der Waals surface area contributed by atoms with Crippen LogP contribution in [0.1, 0.15) is 36.7 Å². The van der Waals surface area contributed by atoms with Gasteiger partial charge in [0.05, 0.1) is 13.2 Å². The molecule has 0 N–H and O–H groups in total. The van der Waals surface area contributed by atoms with E-state index in [1.165, 1.54) is 11.3 Å². The standard InChI is InChI=1S/C24H33N3O2/c1-5-27(19(2)3)22-12-10-20(11-13-22)24(28)25(4)18-21-8-6-7-9-23(21)26-14-16-29-17-15-26/h6-13,19H,5,14-18H2,1-4H3. The Morgan fingerprint density at radius 1 is 1.07 bits per heavy atom. The van der Waals surface area contributed by atoms with Crippen molar-refractivity contribution in [2.75, 3.05) is 49.7 Å². The Morgan fingerprint density at radius 3 is 2.34 bits per heavy atom. The van der Waals surface area contributed by atoms with Crippen LogP contribution in [-0.4, -0.2) is 56.7 Å². The first-order valence-electron chi connectivity index (χ1n) is 10.5. The van der Waals surface area contributed by atoms with Gasteiger partial charge in [-0.05, 0) is 56.7 Å².